The molecule has 33 heavy (non-hydrogen) atoms. The summed E-state index contributed by atoms with van der Waals surface area (Å²) < 4.78 is 13.4. The molecule has 0 radical (unpaired) electrons. The lowest BCUT2D eigenvalue weighted by Crippen LogP contribution is -2.51. The maximum absolute atomic E-state index is 13.5. The topological polar surface area (TPSA) is 86.8 Å². The Hall–Kier alpha value is -3.55. The van der Waals surface area contributed by atoms with Gasteiger partial charge in [0.1, 0.15) is 11.9 Å². The highest BCUT2D eigenvalue weighted by Gasteiger charge is 2.46. The Kier molecular flexibility index (Phi) is 6.53. The summed E-state index contributed by atoms with van der Waals surface area (Å²) in [5.74, 6) is -1.87. The molecule has 7 nitrogen and oxygen atoms in total. The third-order valence-corrected chi connectivity index (χ3v) is 6.20. The van der Waals surface area contributed by atoms with Crippen molar-refractivity contribution in [3.05, 3.63) is 59.9 Å². The SMILES string of the molecule is CC(=O)Nc1ccc(N2C(=O)CC(N(C(=O)c3ccc(F)cc3)C3CCCCC3)C2=O)cc1. The zero-order chi connectivity index (χ0) is 23.5. The molecule has 1 unspecified atom stereocenters. The van der Waals surface area contributed by atoms with E-state index in [-0.39, 0.29) is 30.2 Å². The molecule has 4 amide bonds. The Balaban J connectivity index is 1.62. The van der Waals surface area contributed by atoms with Crippen LogP contribution in [-0.2, 0) is 14.4 Å². The summed E-state index contributed by atoms with van der Waals surface area (Å²) >= 11 is 0. The van der Waals surface area contributed by atoms with Crippen LogP contribution in [0.2, 0.25) is 0 Å². The molecule has 2 aromatic carbocycles. The average molecular weight is 451 g/mol. The minimum absolute atomic E-state index is 0.101. The molecule has 2 fully saturated rings. The molecule has 2 aliphatic rings. The first-order chi connectivity index (χ1) is 15.8. The summed E-state index contributed by atoms with van der Waals surface area (Å²) in [5.41, 5.74) is 1.23. The molecule has 0 bridgehead atoms. The molecule has 1 aliphatic carbocycles. The fourth-order valence-corrected chi connectivity index (χ4v) is 4.66. The Morgan fingerprint density at radius 2 is 1.61 bits per heavy atom. The molecule has 1 saturated heterocycles. The summed E-state index contributed by atoms with van der Waals surface area (Å²) in [6, 6.07) is 10.6. The number of hydrogen-bond donors (Lipinski definition) is 1. The first-order valence-electron chi connectivity index (χ1n) is 11.2. The fraction of sp³-hybridized carbons (Fsp3) is 0.360. The van der Waals surface area contributed by atoms with Crippen molar-refractivity contribution >= 4 is 35.0 Å². The summed E-state index contributed by atoms with van der Waals surface area (Å²) in [6.07, 6.45) is 4.38. The summed E-state index contributed by atoms with van der Waals surface area (Å²) in [4.78, 5) is 53.7. The van der Waals surface area contributed by atoms with E-state index in [1.54, 1.807) is 29.2 Å². The van der Waals surface area contributed by atoms with E-state index in [0.717, 1.165) is 37.0 Å². The summed E-state index contributed by atoms with van der Waals surface area (Å²) in [7, 11) is 0. The fourth-order valence-electron chi connectivity index (χ4n) is 4.66. The first kappa shape index (κ1) is 22.6. The number of hydrogen-bond acceptors (Lipinski definition) is 4. The van der Waals surface area contributed by atoms with Crippen LogP contribution in [0.4, 0.5) is 15.8 Å². The van der Waals surface area contributed by atoms with Crippen molar-refractivity contribution in [2.75, 3.05) is 10.2 Å². The summed E-state index contributed by atoms with van der Waals surface area (Å²) in [5, 5.41) is 2.65. The Morgan fingerprint density at radius 1 is 0.970 bits per heavy atom. The third kappa shape index (κ3) is 4.79. The molecule has 8 heteroatoms. The van der Waals surface area contributed by atoms with E-state index in [2.05, 4.69) is 5.32 Å². The van der Waals surface area contributed by atoms with Gasteiger partial charge in [0.05, 0.1) is 12.1 Å². The third-order valence-electron chi connectivity index (χ3n) is 6.20. The zero-order valence-electron chi connectivity index (χ0n) is 18.4. The second-order valence-electron chi connectivity index (χ2n) is 8.53. The van der Waals surface area contributed by atoms with Gasteiger partial charge in [-0.05, 0) is 61.4 Å². The van der Waals surface area contributed by atoms with E-state index >= 15 is 0 Å². The number of amides is 4. The quantitative estimate of drug-likeness (QED) is 0.699. The molecular weight excluding hydrogens is 425 g/mol. The highest BCUT2D eigenvalue weighted by atomic mass is 19.1. The number of rotatable bonds is 5. The molecule has 1 N–H and O–H groups in total. The van der Waals surface area contributed by atoms with Gasteiger partial charge < -0.3 is 10.2 Å². The minimum Gasteiger partial charge on any atom is -0.326 e. The van der Waals surface area contributed by atoms with Gasteiger partial charge in [-0.25, -0.2) is 9.29 Å². The standard InChI is InChI=1S/C25H26FN3O4/c1-16(30)27-19-11-13-21(14-12-19)29-23(31)15-22(25(29)33)28(20-5-3-2-4-6-20)24(32)17-7-9-18(26)10-8-17/h7-14,20,22H,2-6,15H2,1H3,(H,27,30). The molecule has 1 saturated carbocycles. The van der Waals surface area contributed by atoms with E-state index in [0.29, 0.717) is 16.9 Å². The first-order valence-corrected chi connectivity index (χ1v) is 11.2. The number of carbonyl (C=O) groups is 4. The largest absolute Gasteiger partial charge is 0.326 e. The van der Waals surface area contributed by atoms with E-state index in [4.69, 9.17) is 0 Å². The number of benzene rings is 2. The molecule has 0 aromatic heterocycles. The van der Waals surface area contributed by atoms with Gasteiger partial charge in [0.15, 0.2) is 0 Å². The van der Waals surface area contributed by atoms with Crippen LogP contribution in [0.15, 0.2) is 48.5 Å². The van der Waals surface area contributed by atoms with Crippen molar-refractivity contribution < 1.29 is 23.6 Å². The number of imide groups is 1. The van der Waals surface area contributed by atoms with Gasteiger partial charge in [-0.3, -0.25) is 19.2 Å². The Morgan fingerprint density at radius 3 is 2.21 bits per heavy atom. The normalized spacial score (nSPS) is 19.0. The van der Waals surface area contributed by atoms with Gasteiger partial charge in [-0.15, -0.1) is 0 Å². The maximum atomic E-state index is 13.5. The van der Waals surface area contributed by atoms with Crippen LogP contribution in [0.3, 0.4) is 0 Å². The molecule has 172 valence electrons. The van der Waals surface area contributed by atoms with Gasteiger partial charge in [0, 0.05) is 24.2 Å². The molecule has 1 aliphatic heterocycles. The summed E-state index contributed by atoms with van der Waals surface area (Å²) in [6.45, 7) is 1.39. The predicted molar refractivity (Wildman–Crippen MR) is 121 cm³/mol. The van der Waals surface area contributed by atoms with Crippen LogP contribution < -0.4 is 10.2 Å². The highest BCUT2D eigenvalue weighted by molar-refractivity contribution is 6.23. The van der Waals surface area contributed by atoms with Crippen molar-refractivity contribution in [3.8, 4) is 0 Å². The number of nitrogens with zero attached hydrogens (tertiary/aromatic N) is 2. The minimum atomic E-state index is -0.909. The maximum Gasteiger partial charge on any atom is 0.257 e. The van der Waals surface area contributed by atoms with E-state index < -0.39 is 17.8 Å². The van der Waals surface area contributed by atoms with Crippen molar-refractivity contribution in [1.29, 1.82) is 0 Å². The Labute approximate surface area is 191 Å². The molecule has 0 spiro atoms. The van der Waals surface area contributed by atoms with Crippen molar-refractivity contribution in [2.24, 2.45) is 0 Å². The van der Waals surface area contributed by atoms with Crippen LogP contribution in [0, 0.1) is 5.82 Å². The molecule has 1 atom stereocenters. The number of halogens is 1. The zero-order valence-corrected chi connectivity index (χ0v) is 18.4. The second-order valence-corrected chi connectivity index (χ2v) is 8.53. The van der Waals surface area contributed by atoms with Crippen LogP contribution in [0.1, 0.15) is 55.8 Å². The van der Waals surface area contributed by atoms with Crippen molar-refractivity contribution in [1.82, 2.24) is 4.90 Å². The molecule has 1 heterocycles. The molecular formula is C25H26FN3O4. The van der Waals surface area contributed by atoms with Gasteiger partial charge in [0.25, 0.3) is 11.8 Å². The molecule has 4 rings (SSSR count). The van der Waals surface area contributed by atoms with Crippen LogP contribution in [-0.4, -0.2) is 40.6 Å². The average Bonchev–Trinajstić information content (AvgIpc) is 3.09. The van der Waals surface area contributed by atoms with Gasteiger partial charge in [-0.2, -0.15) is 0 Å². The van der Waals surface area contributed by atoms with Gasteiger partial charge in [-0.1, -0.05) is 19.3 Å². The van der Waals surface area contributed by atoms with Crippen LogP contribution in [0.25, 0.3) is 0 Å². The molecule has 2 aromatic rings. The van der Waals surface area contributed by atoms with E-state index in [9.17, 15) is 23.6 Å². The lowest BCUT2D eigenvalue weighted by molar-refractivity contribution is -0.123. The number of anilines is 2. The van der Waals surface area contributed by atoms with Crippen LogP contribution in [0.5, 0.6) is 0 Å². The lowest BCUT2D eigenvalue weighted by atomic mass is 9.92. The second kappa shape index (κ2) is 9.52. The number of carbonyl (C=O) groups excluding carboxylic acids is 4. The number of nitrogens with one attached hydrogen (secondary N) is 1. The van der Waals surface area contributed by atoms with Crippen molar-refractivity contribution in [3.63, 3.8) is 0 Å². The van der Waals surface area contributed by atoms with Gasteiger partial charge in [0.2, 0.25) is 11.8 Å². The smallest absolute Gasteiger partial charge is 0.257 e. The van der Waals surface area contributed by atoms with Crippen molar-refractivity contribution in [2.45, 2.75) is 57.5 Å². The predicted octanol–water partition coefficient (Wildman–Crippen LogP) is 3.89. The van der Waals surface area contributed by atoms with E-state index in [1.165, 1.54) is 31.2 Å². The van der Waals surface area contributed by atoms with Gasteiger partial charge >= 0.3 is 0 Å². The van der Waals surface area contributed by atoms with E-state index in [1.807, 2.05) is 0 Å². The lowest BCUT2D eigenvalue weighted by Gasteiger charge is -2.37. The van der Waals surface area contributed by atoms with Crippen LogP contribution >= 0.6 is 0 Å². The highest BCUT2D eigenvalue weighted by Crippen LogP contribution is 2.32. The monoisotopic (exact) mass is 451 g/mol. The Bertz CT molecular complexity index is 1060.